The fourth-order valence-electron chi connectivity index (χ4n) is 2.88. The van der Waals surface area contributed by atoms with Crippen LogP contribution in [0.25, 0.3) is 0 Å². The SMILES string of the molecule is Cc1ccccc1CC(=O)N1CCN(C(=O)c2ccc[nH]2)CC1. The maximum absolute atomic E-state index is 12.4. The summed E-state index contributed by atoms with van der Waals surface area (Å²) in [6.07, 6.45) is 2.17. The van der Waals surface area contributed by atoms with Crippen LogP contribution in [0.15, 0.2) is 42.6 Å². The summed E-state index contributed by atoms with van der Waals surface area (Å²) in [6, 6.07) is 11.6. The third kappa shape index (κ3) is 3.44. The fourth-order valence-corrected chi connectivity index (χ4v) is 2.88. The molecule has 0 saturated carbocycles. The molecule has 1 fully saturated rings. The van der Waals surface area contributed by atoms with Crippen LogP contribution < -0.4 is 0 Å². The molecule has 1 aromatic heterocycles. The molecule has 0 bridgehead atoms. The average Bonchev–Trinajstić information content (AvgIpc) is 3.11. The zero-order valence-corrected chi connectivity index (χ0v) is 13.3. The number of amides is 2. The highest BCUT2D eigenvalue weighted by Gasteiger charge is 2.25. The third-order valence-electron chi connectivity index (χ3n) is 4.35. The molecule has 3 rings (SSSR count). The number of carbonyl (C=O) groups excluding carboxylic acids is 2. The first kappa shape index (κ1) is 15.3. The van der Waals surface area contributed by atoms with E-state index in [9.17, 15) is 9.59 Å². The van der Waals surface area contributed by atoms with Crippen LogP contribution in [0.1, 0.15) is 21.6 Å². The Hall–Kier alpha value is -2.56. The van der Waals surface area contributed by atoms with Crippen molar-refractivity contribution in [2.45, 2.75) is 13.3 Å². The number of carbonyl (C=O) groups is 2. The number of piperazine rings is 1. The minimum absolute atomic E-state index is 0.000929. The maximum Gasteiger partial charge on any atom is 0.270 e. The number of rotatable bonds is 3. The van der Waals surface area contributed by atoms with Gasteiger partial charge in [0.1, 0.15) is 5.69 Å². The van der Waals surface area contributed by atoms with Crippen molar-refractivity contribution in [3.8, 4) is 0 Å². The van der Waals surface area contributed by atoms with Crippen molar-refractivity contribution in [3.05, 3.63) is 59.4 Å². The van der Waals surface area contributed by atoms with Gasteiger partial charge in [-0.1, -0.05) is 24.3 Å². The quantitative estimate of drug-likeness (QED) is 0.940. The van der Waals surface area contributed by atoms with E-state index in [0.29, 0.717) is 38.3 Å². The van der Waals surface area contributed by atoms with Crippen molar-refractivity contribution in [2.24, 2.45) is 0 Å². The Bertz CT molecular complexity index is 686. The molecule has 5 heteroatoms. The topological polar surface area (TPSA) is 56.4 Å². The predicted octanol–water partition coefficient (Wildman–Crippen LogP) is 1.85. The van der Waals surface area contributed by atoms with Crippen molar-refractivity contribution < 1.29 is 9.59 Å². The van der Waals surface area contributed by atoms with E-state index in [2.05, 4.69) is 4.98 Å². The standard InChI is InChI=1S/C18H21N3O2/c1-14-5-2-3-6-15(14)13-17(22)20-9-11-21(12-10-20)18(23)16-7-4-8-19-16/h2-8,19H,9-13H2,1H3. The Morgan fingerprint density at radius 3 is 2.35 bits per heavy atom. The van der Waals surface area contributed by atoms with Gasteiger partial charge in [0.2, 0.25) is 5.91 Å². The molecular weight excluding hydrogens is 290 g/mol. The van der Waals surface area contributed by atoms with Gasteiger partial charge in [-0.15, -0.1) is 0 Å². The van der Waals surface area contributed by atoms with Gasteiger partial charge in [-0.05, 0) is 30.2 Å². The number of nitrogens with zero attached hydrogens (tertiary/aromatic N) is 2. The Balaban J connectivity index is 1.55. The first-order chi connectivity index (χ1) is 11.1. The van der Waals surface area contributed by atoms with Crippen LogP contribution >= 0.6 is 0 Å². The van der Waals surface area contributed by atoms with E-state index >= 15 is 0 Å². The summed E-state index contributed by atoms with van der Waals surface area (Å²) in [4.78, 5) is 31.3. The number of aromatic amines is 1. The summed E-state index contributed by atoms with van der Waals surface area (Å²) in [5.74, 6) is 0.132. The summed E-state index contributed by atoms with van der Waals surface area (Å²) in [6.45, 7) is 4.37. The van der Waals surface area contributed by atoms with Gasteiger partial charge in [-0.2, -0.15) is 0 Å². The first-order valence-electron chi connectivity index (χ1n) is 7.90. The molecule has 120 valence electrons. The van der Waals surface area contributed by atoms with E-state index in [1.165, 1.54) is 0 Å². The molecule has 0 aliphatic carbocycles. The van der Waals surface area contributed by atoms with Crippen molar-refractivity contribution in [3.63, 3.8) is 0 Å². The molecule has 5 nitrogen and oxygen atoms in total. The molecule has 0 spiro atoms. The minimum Gasteiger partial charge on any atom is -0.357 e. The second kappa shape index (κ2) is 6.69. The van der Waals surface area contributed by atoms with Crippen LogP contribution in [0.3, 0.4) is 0 Å². The molecule has 1 aromatic carbocycles. The number of aryl methyl sites for hydroxylation is 1. The number of hydrogen-bond donors (Lipinski definition) is 1. The monoisotopic (exact) mass is 311 g/mol. The third-order valence-corrected chi connectivity index (χ3v) is 4.35. The minimum atomic E-state index is 0.000929. The second-order valence-corrected chi connectivity index (χ2v) is 5.86. The van der Waals surface area contributed by atoms with Gasteiger partial charge in [0.05, 0.1) is 6.42 Å². The van der Waals surface area contributed by atoms with E-state index in [4.69, 9.17) is 0 Å². The summed E-state index contributed by atoms with van der Waals surface area (Å²) in [7, 11) is 0. The molecule has 2 aromatic rings. The zero-order valence-electron chi connectivity index (χ0n) is 13.3. The van der Waals surface area contributed by atoms with Gasteiger partial charge >= 0.3 is 0 Å². The van der Waals surface area contributed by atoms with Gasteiger partial charge in [0, 0.05) is 32.4 Å². The lowest BCUT2D eigenvalue weighted by Crippen LogP contribution is -2.51. The Kier molecular flexibility index (Phi) is 4.46. The fraction of sp³-hybridized carbons (Fsp3) is 0.333. The van der Waals surface area contributed by atoms with Crippen LogP contribution in [0.2, 0.25) is 0 Å². The number of nitrogens with one attached hydrogen (secondary N) is 1. The highest BCUT2D eigenvalue weighted by Crippen LogP contribution is 2.12. The van der Waals surface area contributed by atoms with E-state index in [-0.39, 0.29) is 11.8 Å². The summed E-state index contributed by atoms with van der Waals surface area (Å²) in [5, 5.41) is 0. The van der Waals surface area contributed by atoms with Gasteiger partial charge in [0.25, 0.3) is 5.91 Å². The molecule has 1 N–H and O–H groups in total. The molecule has 1 saturated heterocycles. The lowest BCUT2D eigenvalue weighted by Gasteiger charge is -2.34. The van der Waals surface area contributed by atoms with Crippen LogP contribution in [-0.4, -0.2) is 52.8 Å². The van der Waals surface area contributed by atoms with Crippen LogP contribution in [0.5, 0.6) is 0 Å². The van der Waals surface area contributed by atoms with Crippen molar-refractivity contribution in [1.82, 2.24) is 14.8 Å². The summed E-state index contributed by atoms with van der Waals surface area (Å²) < 4.78 is 0. The molecule has 1 aliphatic heterocycles. The zero-order chi connectivity index (χ0) is 16.2. The molecular formula is C18H21N3O2. The van der Waals surface area contributed by atoms with Gasteiger partial charge in [0.15, 0.2) is 0 Å². The Morgan fingerprint density at radius 2 is 1.70 bits per heavy atom. The van der Waals surface area contributed by atoms with E-state index in [1.807, 2.05) is 42.2 Å². The molecule has 1 aliphatic rings. The molecule has 0 radical (unpaired) electrons. The van der Waals surface area contributed by atoms with Crippen molar-refractivity contribution in [2.75, 3.05) is 26.2 Å². The highest BCUT2D eigenvalue weighted by molar-refractivity contribution is 5.92. The lowest BCUT2D eigenvalue weighted by atomic mass is 10.1. The average molecular weight is 311 g/mol. The first-order valence-corrected chi connectivity index (χ1v) is 7.90. The number of hydrogen-bond acceptors (Lipinski definition) is 2. The molecule has 0 unspecified atom stereocenters. The molecule has 0 atom stereocenters. The number of H-pyrrole nitrogens is 1. The highest BCUT2D eigenvalue weighted by atomic mass is 16.2. The molecule has 2 amide bonds. The Morgan fingerprint density at radius 1 is 1.00 bits per heavy atom. The van der Waals surface area contributed by atoms with Crippen molar-refractivity contribution in [1.29, 1.82) is 0 Å². The largest absolute Gasteiger partial charge is 0.357 e. The molecule has 23 heavy (non-hydrogen) atoms. The van der Waals surface area contributed by atoms with Gasteiger partial charge in [-0.25, -0.2) is 0 Å². The van der Waals surface area contributed by atoms with Crippen LogP contribution in [0.4, 0.5) is 0 Å². The normalized spacial score (nSPS) is 14.8. The predicted molar refractivity (Wildman–Crippen MR) is 88.2 cm³/mol. The smallest absolute Gasteiger partial charge is 0.270 e. The summed E-state index contributed by atoms with van der Waals surface area (Å²) in [5.41, 5.74) is 2.81. The molecule has 2 heterocycles. The van der Waals surface area contributed by atoms with Gasteiger partial charge in [-0.3, -0.25) is 9.59 Å². The van der Waals surface area contributed by atoms with Gasteiger partial charge < -0.3 is 14.8 Å². The lowest BCUT2D eigenvalue weighted by molar-refractivity contribution is -0.131. The van der Waals surface area contributed by atoms with Crippen LogP contribution in [-0.2, 0) is 11.2 Å². The number of benzene rings is 1. The Labute approximate surface area is 135 Å². The van der Waals surface area contributed by atoms with Crippen LogP contribution in [0, 0.1) is 6.92 Å². The maximum atomic E-state index is 12.4. The van der Waals surface area contributed by atoms with E-state index < -0.39 is 0 Å². The van der Waals surface area contributed by atoms with E-state index in [0.717, 1.165) is 11.1 Å². The summed E-state index contributed by atoms with van der Waals surface area (Å²) >= 11 is 0. The second-order valence-electron chi connectivity index (χ2n) is 5.86. The number of aromatic nitrogens is 1. The van der Waals surface area contributed by atoms with E-state index in [1.54, 1.807) is 17.2 Å². The van der Waals surface area contributed by atoms with Crippen molar-refractivity contribution >= 4 is 11.8 Å².